The van der Waals surface area contributed by atoms with Crippen molar-refractivity contribution in [2.45, 2.75) is 6.92 Å². The molecule has 6 heteroatoms. The van der Waals surface area contributed by atoms with Crippen molar-refractivity contribution in [2.75, 3.05) is 11.9 Å². The van der Waals surface area contributed by atoms with Crippen molar-refractivity contribution in [3.8, 4) is 5.75 Å². The van der Waals surface area contributed by atoms with E-state index in [-0.39, 0.29) is 17.7 Å². The zero-order valence-corrected chi connectivity index (χ0v) is 12.2. The monoisotopic (exact) mass is 310 g/mol. The third kappa shape index (κ3) is 3.85. The van der Waals surface area contributed by atoms with Crippen LogP contribution in [0.5, 0.6) is 5.75 Å². The van der Waals surface area contributed by atoms with E-state index in [4.69, 9.17) is 27.9 Å². The average Bonchev–Trinajstić information content (AvgIpc) is 2.41. The van der Waals surface area contributed by atoms with Crippen molar-refractivity contribution >= 4 is 34.8 Å². The molecule has 0 radical (unpaired) electrons. The number of carbonyl (C=O) groups is 1. The summed E-state index contributed by atoms with van der Waals surface area (Å²) >= 11 is 11.9. The lowest BCUT2D eigenvalue weighted by molar-refractivity contribution is -0.118. The van der Waals surface area contributed by atoms with Crippen molar-refractivity contribution in [3.63, 3.8) is 0 Å². The van der Waals surface area contributed by atoms with E-state index in [0.29, 0.717) is 16.5 Å². The fourth-order valence-corrected chi connectivity index (χ4v) is 1.99. The molecule has 1 N–H and O–H groups in total. The van der Waals surface area contributed by atoms with Crippen LogP contribution < -0.4 is 10.1 Å². The van der Waals surface area contributed by atoms with Crippen molar-refractivity contribution in [1.29, 1.82) is 0 Å². The Morgan fingerprint density at radius 2 is 2.15 bits per heavy atom. The van der Waals surface area contributed by atoms with Crippen LogP contribution in [-0.4, -0.2) is 17.5 Å². The Labute approximate surface area is 126 Å². The first-order chi connectivity index (χ1) is 9.56. The second kappa shape index (κ2) is 6.59. The van der Waals surface area contributed by atoms with Crippen molar-refractivity contribution in [2.24, 2.45) is 0 Å². The zero-order chi connectivity index (χ0) is 14.5. The molecule has 0 spiro atoms. The van der Waals surface area contributed by atoms with Gasteiger partial charge in [0, 0.05) is 6.20 Å². The topological polar surface area (TPSA) is 51.2 Å². The predicted molar refractivity (Wildman–Crippen MR) is 79.6 cm³/mol. The molecule has 0 unspecified atom stereocenters. The molecule has 1 aromatic carbocycles. The molecule has 0 saturated heterocycles. The fraction of sp³-hybridized carbons (Fsp3) is 0.143. The number of anilines is 1. The largest absolute Gasteiger partial charge is 0.481 e. The lowest BCUT2D eigenvalue weighted by Crippen LogP contribution is -2.20. The summed E-state index contributed by atoms with van der Waals surface area (Å²) < 4.78 is 5.28. The lowest BCUT2D eigenvalue weighted by atomic mass is 10.2. The van der Waals surface area contributed by atoms with Gasteiger partial charge in [-0.3, -0.25) is 4.79 Å². The summed E-state index contributed by atoms with van der Waals surface area (Å²) in [5, 5.41) is 3.37. The number of ether oxygens (including phenoxy) is 1. The van der Waals surface area contributed by atoms with Crippen LogP contribution in [0.25, 0.3) is 0 Å². The van der Waals surface area contributed by atoms with E-state index >= 15 is 0 Å². The van der Waals surface area contributed by atoms with Crippen molar-refractivity contribution in [1.82, 2.24) is 4.98 Å². The summed E-state index contributed by atoms with van der Waals surface area (Å²) in [6.07, 6.45) is 1.54. The van der Waals surface area contributed by atoms with Gasteiger partial charge in [-0.1, -0.05) is 29.3 Å². The summed E-state index contributed by atoms with van der Waals surface area (Å²) in [4.78, 5) is 15.6. The molecule has 0 bridgehead atoms. The molecular weight excluding hydrogens is 299 g/mol. The van der Waals surface area contributed by atoms with Gasteiger partial charge in [0.05, 0.1) is 10.7 Å². The van der Waals surface area contributed by atoms with Crippen LogP contribution in [0, 0.1) is 6.92 Å². The molecule has 1 heterocycles. The number of benzene rings is 1. The Kier molecular flexibility index (Phi) is 4.82. The van der Waals surface area contributed by atoms with Crippen LogP contribution in [0.1, 0.15) is 5.56 Å². The summed E-state index contributed by atoms with van der Waals surface area (Å²) in [6, 6.07) is 8.69. The maximum atomic E-state index is 11.8. The average molecular weight is 311 g/mol. The van der Waals surface area contributed by atoms with Gasteiger partial charge >= 0.3 is 0 Å². The molecule has 0 fully saturated rings. The Balaban J connectivity index is 1.94. The van der Waals surface area contributed by atoms with E-state index in [2.05, 4.69) is 10.3 Å². The second-order valence-corrected chi connectivity index (χ2v) is 4.88. The number of nitrogens with zero attached hydrogens (tertiary/aromatic N) is 1. The number of rotatable bonds is 4. The van der Waals surface area contributed by atoms with Crippen LogP contribution in [0.3, 0.4) is 0 Å². The van der Waals surface area contributed by atoms with Gasteiger partial charge in [-0.2, -0.15) is 0 Å². The van der Waals surface area contributed by atoms with Crippen molar-refractivity contribution < 1.29 is 9.53 Å². The number of hydrogen-bond donors (Lipinski definition) is 1. The Morgan fingerprint density at radius 1 is 1.35 bits per heavy atom. The van der Waals surface area contributed by atoms with Gasteiger partial charge in [0.2, 0.25) is 0 Å². The van der Waals surface area contributed by atoms with E-state index in [1.165, 1.54) is 0 Å². The standard InChI is InChI=1S/C14H12Cl2N2O2/c1-9-4-5-11(10(15)7-9)18-13(19)8-20-12-3-2-6-17-14(12)16/h2-7H,8H2,1H3,(H,18,19). The maximum Gasteiger partial charge on any atom is 0.262 e. The number of aryl methyl sites for hydroxylation is 1. The molecular formula is C14H12Cl2N2O2. The number of hydrogen-bond acceptors (Lipinski definition) is 3. The van der Waals surface area contributed by atoms with Gasteiger partial charge in [-0.15, -0.1) is 0 Å². The number of carbonyl (C=O) groups excluding carboxylic acids is 1. The molecule has 1 aromatic heterocycles. The molecule has 20 heavy (non-hydrogen) atoms. The van der Waals surface area contributed by atoms with E-state index in [1.807, 2.05) is 13.0 Å². The molecule has 0 aliphatic rings. The number of pyridine rings is 1. The van der Waals surface area contributed by atoms with Crippen LogP contribution in [-0.2, 0) is 4.79 Å². The summed E-state index contributed by atoms with van der Waals surface area (Å²) in [7, 11) is 0. The van der Waals surface area contributed by atoms with Crippen LogP contribution >= 0.6 is 23.2 Å². The maximum absolute atomic E-state index is 11.8. The predicted octanol–water partition coefficient (Wildman–Crippen LogP) is 3.71. The molecule has 0 aliphatic heterocycles. The normalized spacial score (nSPS) is 10.2. The van der Waals surface area contributed by atoms with Gasteiger partial charge in [0.25, 0.3) is 5.91 Å². The molecule has 1 amide bonds. The minimum atomic E-state index is -0.323. The molecule has 0 aliphatic carbocycles. The molecule has 104 valence electrons. The number of amides is 1. The summed E-state index contributed by atoms with van der Waals surface area (Å²) in [5.41, 5.74) is 1.56. The number of nitrogens with one attached hydrogen (secondary N) is 1. The summed E-state index contributed by atoms with van der Waals surface area (Å²) in [5.74, 6) is 0.0370. The molecule has 2 aromatic rings. The highest BCUT2D eigenvalue weighted by atomic mass is 35.5. The summed E-state index contributed by atoms with van der Waals surface area (Å²) in [6.45, 7) is 1.75. The Morgan fingerprint density at radius 3 is 2.85 bits per heavy atom. The molecule has 0 atom stereocenters. The first kappa shape index (κ1) is 14.6. The first-order valence-corrected chi connectivity index (χ1v) is 6.61. The SMILES string of the molecule is Cc1ccc(NC(=O)COc2cccnc2Cl)c(Cl)c1. The highest BCUT2D eigenvalue weighted by Crippen LogP contribution is 2.23. The third-order valence-corrected chi connectivity index (χ3v) is 3.08. The van der Waals surface area contributed by atoms with Gasteiger partial charge in [0.1, 0.15) is 0 Å². The third-order valence-electron chi connectivity index (χ3n) is 2.48. The van der Waals surface area contributed by atoms with E-state index in [9.17, 15) is 4.79 Å². The molecule has 0 saturated carbocycles. The van der Waals surface area contributed by atoms with Crippen molar-refractivity contribution in [3.05, 3.63) is 52.3 Å². The number of aromatic nitrogens is 1. The molecule has 4 nitrogen and oxygen atoms in total. The number of halogens is 2. The van der Waals surface area contributed by atoms with Gasteiger partial charge < -0.3 is 10.1 Å². The lowest BCUT2D eigenvalue weighted by Gasteiger charge is -2.09. The smallest absolute Gasteiger partial charge is 0.262 e. The van der Waals surface area contributed by atoms with Crippen LogP contribution in [0.15, 0.2) is 36.5 Å². The second-order valence-electron chi connectivity index (χ2n) is 4.11. The highest BCUT2D eigenvalue weighted by molar-refractivity contribution is 6.33. The molecule has 2 rings (SSSR count). The van der Waals surface area contributed by atoms with Crippen LogP contribution in [0.2, 0.25) is 10.2 Å². The Bertz CT molecular complexity index is 632. The Hall–Kier alpha value is -1.78. The van der Waals surface area contributed by atoms with Gasteiger partial charge in [-0.05, 0) is 36.8 Å². The quantitative estimate of drug-likeness (QED) is 0.876. The first-order valence-electron chi connectivity index (χ1n) is 5.85. The van der Waals surface area contributed by atoms with E-state index < -0.39 is 0 Å². The van der Waals surface area contributed by atoms with Gasteiger partial charge in [-0.25, -0.2) is 4.98 Å². The minimum Gasteiger partial charge on any atom is -0.481 e. The fourth-order valence-electron chi connectivity index (χ4n) is 1.53. The van der Waals surface area contributed by atoms with Gasteiger partial charge in [0.15, 0.2) is 17.5 Å². The minimum absolute atomic E-state index is 0.171. The highest BCUT2D eigenvalue weighted by Gasteiger charge is 2.08. The van der Waals surface area contributed by atoms with Crippen LogP contribution in [0.4, 0.5) is 5.69 Å². The van der Waals surface area contributed by atoms with E-state index in [0.717, 1.165) is 5.56 Å². The zero-order valence-electron chi connectivity index (χ0n) is 10.7. The van der Waals surface area contributed by atoms with E-state index in [1.54, 1.807) is 30.5 Å².